The zero-order valence-corrected chi connectivity index (χ0v) is 52.8. The van der Waals surface area contributed by atoms with Crippen LogP contribution in [0.5, 0.6) is 23.0 Å². The summed E-state index contributed by atoms with van der Waals surface area (Å²) in [7, 11) is -0.476. The maximum absolute atomic E-state index is 15.1. The molecule has 5 heterocycles. The Morgan fingerprint density at radius 1 is 0.490 bits per heavy atom. The first-order valence-electron chi connectivity index (χ1n) is 30.3. The van der Waals surface area contributed by atoms with Gasteiger partial charge in [-0.25, -0.2) is 22.5 Å². The van der Waals surface area contributed by atoms with Gasteiger partial charge in [-0.1, -0.05) is 60.1 Å². The summed E-state index contributed by atoms with van der Waals surface area (Å²) in [5, 5.41) is 22.9. The minimum absolute atomic E-state index is 0.0165. The van der Waals surface area contributed by atoms with Crippen molar-refractivity contribution >= 4 is 80.5 Å². The number of non-ortho nitro benzene ring substituents is 2. The van der Waals surface area contributed by atoms with Crippen LogP contribution in [0.4, 0.5) is 28.9 Å². The molecule has 3 fully saturated rings. The molecule has 0 unspecified atom stereocenters. The molecule has 0 radical (unpaired) electrons. The predicted octanol–water partition coefficient (Wildman–Crippen LogP) is 14.9. The molecule has 2 saturated carbocycles. The fraction of sp³-hybridized carbons (Fsp3) is 0.222. The number of rotatable bonds is 20. The number of halogens is 5. The minimum Gasteiger partial charge on any atom is -0.453 e. The summed E-state index contributed by atoms with van der Waals surface area (Å²) in [5.74, 6) is -2.37. The lowest BCUT2D eigenvalue weighted by atomic mass is 9.79. The van der Waals surface area contributed by atoms with Crippen molar-refractivity contribution in [2.45, 2.75) is 90.3 Å². The van der Waals surface area contributed by atoms with Gasteiger partial charge in [-0.05, 0) is 160 Å². The monoisotopic (exact) mass is 1320 g/mol. The molecule has 0 amide bonds. The van der Waals surface area contributed by atoms with Gasteiger partial charge < -0.3 is 18.8 Å². The quantitative estimate of drug-likeness (QED) is 0.0172. The molecular weight excluding hydrogens is 1260 g/mol. The number of nitro groups is 2. The van der Waals surface area contributed by atoms with E-state index in [0.717, 1.165) is 5.46 Å². The molecule has 96 heavy (non-hydrogen) atoms. The highest BCUT2D eigenvalue weighted by Gasteiger charge is 2.56. The molecule has 24 heteroatoms. The van der Waals surface area contributed by atoms with Crippen LogP contribution in [0.1, 0.15) is 75.6 Å². The molecule has 10 aromatic rings. The van der Waals surface area contributed by atoms with Crippen molar-refractivity contribution in [3.05, 3.63) is 253 Å². The van der Waals surface area contributed by atoms with Gasteiger partial charge in [-0.15, -0.1) is 0 Å². The van der Waals surface area contributed by atoms with Gasteiger partial charge in [-0.3, -0.25) is 54.4 Å². The molecule has 1 saturated heterocycles. The number of carbonyl (C=O) groups is 4. The third kappa shape index (κ3) is 15.0. The van der Waals surface area contributed by atoms with Crippen molar-refractivity contribution in [3.63, 3.8) is 0 Å². The van der Waals surface area contributed by atoms with Gasteiger partial charge in [0.1, 0.15) is 28.3 Å². The van der Waals surface area contributed by atoms with E-state index in [1.165, 1.54) is 110 Å². The van der Waals surface area contributed by atoms with Gasteiger partial charge in [0.2, 0.25) is 0 Å². The molecule has 13 rings (SSSR count). The van der Waals surface area contributed by atoms with Crippen molar-refractivity contribution in [2.75, 3.05) is 0 Å². The number of ketones is 4. The number of carbonyl (C=O) groups excluding carboxylic acids is 4. The Hall–Kier alpha value is -10.5. The third-order valence-corrected chi connectivity index (χ3v) is 17.7. The maximum atomic E-state index is 15.1. The van der Waals surface area contributed by atoms with E-state index in [4.69, 9.17) is 30.4 Å². The molecule has 0 atom stereocenters. The summed E-state index contributed by atoms with van der Waals surface area (Å²) in [6.07, 6.45) is 7.87. The van der Waals surface area contributed by atoms with Crippen LogP contribution in [0.25, 0.3) is 33.1 Å². The molecule has 0 bridgehead atoms. The van der Waals surface area contributed by atoms with Gasteiger partial charge in [-0.2, -0.15) is 0 Å². The van der Waals surface area contributed by atoms with E-state index >= 15 is 4.39 Å². The Morgan fingerprint density at radius 2 is 0.875 bits per heavy atom. The first-order chi connectivity index (χ1) is 45.8. The smallest absolute Gasteiger partial charge is 0.453 e. The number of fused-ring (bicyclic) bond motifs is 2. The van der Waals surface area contributed by atoms with Crippen molar-refractivity contribution in [1.82, 2.24) is 19.9 Å². The van der Waals surface area contributed by atoms with Crippen LogP contribution in [0.3, 0.4) is 0 Å². The first-order valence-corrected chi connectivity index (χ1v) is 30.7. The van der Waals surface area contributed by atoms with Gasteiger partial charge in [0.05, 0.1) is 59.4 Å². The van der Waals surface area contributed by atoms with E-state index in [0.29, 0.717) is 92.5 Å². The molecule has 3 aliphatic rings. The largest absolute Gasteiger partial charge is 0.494 e. The van der Waals surface area contributed by atoms with Gasteiger partial charge in [0.15, 0.2) is 46.3 Å². The van der Waals surface area contributed by atoms with Gasteiger partial charge in [0.25, 0.3) is 11.4 Å². The normalized spacial score (nSPS) is 15.1. The van der Waals surface area contributed by atoms with Crippen molar-refractivity contribution < 1.29 is 65.4 Å². The van der Waals surface area contributed by atoms with Crippen LogP contribution in [0.2, 0.25) is 5.15 Å². The average molecular weight is 1320 g/mol. The number of hydrogen-bond donors (Lipinski definition) is 0. The van der Waals surface area contributed by atoms with Crippen LogP contribution in [0.15, 0.2) is 183 Å². The van der Waals surface area contributed by atoms with E-state index in [2.05, 4.69) is 19.9 Å². The summed E-state index contributed by atoms with van der Waals surface area (Å²) in [6.45, 7) is 7.88. The molecule has 0 spiro atoms. The van der Waals surface area contributed by atoms with Crippen molar-refractivity contribution in [1.29, 1.82) is 0 Å². The van der Waals surface area contributed by atoms with Crippen LogP contribution in [-0.2, 0) is 54.2 Å². The molecular formula is C72H58BClF4N6O12. The van der Waals surface area contributed by atoms with Crippen LogP contribution >= 0.6 is 11.6 Å². The van der Waals surface area contributed by atoms with E-state index in [1.54, 1.807) is 72.8 Å². The molecule has 1 aliphatic heterocycles. The second kappa shape index (κ2) is 27.5. The Kier molecular flexibility index (Phi) is 19.2. The molecule has 4 aromatic heterocycles. The number of ether oxygens (including phenoxy) is 2. The number of Topliss-reactive ketones (excluding diaryl/α,β-unsaturated/α-hetero) is 4. The minimum atomic E-state index is -1.07. The zero-order chi connectivity index (χ0) is 68.3. The van der Waals surface area contributed by atoms with Crippen LogP contribution in [-0.4, -0.2) is 71.2 Å². The molecule has 486 valence electrons. The first kappa shape index (κ1) is 67.0. The molecule has 0 N–H and O–H groups in total. The van der Waals surface area contributed by atoms with E-state index in [1.807, 2.05) is 27.7 Å². The fourth-order valence-electron chi connectivity index (χ4n) is 10.8. The second-order valence-corrected chi connectivity index (χ2v) is 24.9. The highest BCUT2D eigenvalue weighted by Crippen LogP contribution is 2.50. The molecule has 6 aromatic carbocycles. The molecule has 2 aliphatic carbocycles. The van der Waals surface area contributed by atoms with Gasteiger partial charge >= 0.3 is 7.12 Å². The topological polar surface area (TPSA) is 243 Å². The zero-order valence-electron chi connectivity index (χ0n) is 52.0. The lowest BCUT2D eigenvalue weighted by molar-refractivity contribution is -0.385. The number of aromatic nitrogens is 4. The Labute approximate surface area is 552 Å². The maximum Gasteiger partial charge on any atom is 0.494 e. The number of benzene rings is 6. The fourth-order valence-corrected chi connectivity index (χ4v) is 11.0. The SMILES string of the molecule is CC1(C)OB(c2ccc([N+](=O)[O-])cc2)OC1(C)C.O=C(Cc1ccc(F)cc1)C1(C(=O)Cc2ccc(Oc3ccnc4cc(-c5ccc([N+](=O)[O-])cc5)ncc34)c(F)c2)CC1.O=C(Cc1ccc(F)cc1)C1(C(=O)Cc2ccc(Oc3ccnc4cc(Cl)ncc34)c(F)c2)CC1. The number of pyridine rings is 4. The highest BCUT2D eigenvalue weighted by molar-refractivity contribution is 6.62. The highest BCUT2D eigenvalue weighted by atomic mass is 35.5. The summed E-state index contributed by atoms with van der Waals surface area (Å²) in [6, 6.07) is 38.5. The molecule has 18 nitrogen and oxygen atoms in total. The van der Waals surface area contributed by atoms with Crippen molar-refractivity contribution in [2.24, 2.45) is 10.8 Å². The van der Waals surface area contributed by atoms with Gasteiger partial charge in [0, 0.05) is 86.4 Å². The summed E-state index contributed by atoms with van der Waals surface area (Å²) in [5.41, 5.74) is 2.39. The second-order valence-electron chi connectivity index (χ2n) is 24.5. The lowest BCUT2D eigenvalue weighted by Crippen LogP contribution is -2.41. The summed E-state index contributed by atoms with van der Waals surface area (Å²) < 4.78 is 79.6. The Bertz CT molecular complexity index is 4660. The van der Waals surface area contributed by atoms with E-state index < -0.39 is 56.4 Å². The van der Waals surface area contributed by atoms with Crippen LogP contribution in [0, 0.1) is 54.3 Å². The standard InChI is InChI=1S/C33H23F2N3O5.C27H19ClF2N2O3.C12H16BNO4/c34-23-6-1-20(2-7-23)16-31(39)33(12-13-33)32(40)17-21-3-10-30(26(35)15-21)43-29-11-14-36-28-18-27(37-19-25(28)29)22-4-8-24(9-5-22)38(41)42;28-26-14-21-19(15-32-26)22(7-10-31-21)35-23-6-3-17(11-20(23)30)13-25(34)27(8-9-27)24(33)12-16-1-4-18(29)5-2-16;1-11(2)12(3,4)18-13(17-11)9-5-7-10(8-6-9)14(15)16/h1-11,14-15,18-19H,12-13,16-17H2;1-7,10-11,14-15H,8-9,12-13H2;5-8H,1-4H3. The van der Waals surface area contributed by atoms with Crippen LogP contribution < -0.4 is 14.9 Å². The summed E-state index contributed by atoms with van der Waals surface area (Å²) in [4.78, 5) is 89.5. The van der Waals surface area contributed by atoms with Crippen molar-refractivity contribution in [3.8, 4) is 34.3 Å². The average Bonchev–Trinajstić information content (AvgIpc) is 1.61. The van der Waals surface area contributed by atoms with E-state index in [-0.39, 0.29) is 82.7 Å². The number of nitro benzene ring substituents is 2. The Morgan fingerprint density at radius 3 is 1.28 bits per heavy atom. The predicted molar refractivity (Wildman–Crippen MR) is 349 cm³/mol. The summed E-state index contributed by atoms with van der Waals surface area (Å²) >= 11 is 5.90. The Balaban J connectivity index is 0.000000158. The van der Waals surface area contributed by atoms with E-state index in [9.17, 15) is 52.6 Å². The third-order valence-electron chi connectivity index (χ3n) is 17.5. The number of hydrogen-bond acceptors (Lipinski definition) is 16. The number of nitrogens with zero attached hydrogens (tertiary/aromatic N) is 6. The lowest BCUT2D eigenvalue weighted by Gasteiger charge is -2.32.